The van der Waals surface area contributed by atoms with Gasteiger partial charge in [-0.15, -0.1) is 0 Å². The molecule has 86 valence electrons. The maximum atomic E-state index is 10.6. The molecule has 0 radical (unpaired) electrons. The lowest BCUT2D eigenvalue weighted by Gasteiger charge is -2.42. The van der Waals surface area contributed by atoms with Crippen molar-refractivity contribution in [2.24, 2.45) is 5.92 Å². The summed E-state index contributed by atoms with van der Waals surface area (Å²) in [5, 5.41) is 4.90. The van der Waals surface area contributed by atoms with Crippen molar-refractivity contribution in [3.05, 3.63) is 0 Å². The zero-order chi connectivity index (χ0) is 10.7. The average Bonchev–Trinajstić information content (AvgIpc) is 2.30. The van der Waals surface area contributed by atoms with Crippen molar-refractivity contribution < 1.29 is 4.79 Å². The molecular formula is C11H21N3O. The van der Waals surface area contributed by atoms with E-state index in [9.17, 15) is 4.79 Å². The van der Waals surface area contributed by atoms with Gasteiger partial charge < -0.3 is 9.69 Å². The SMILES string of the molecule is CN1CCN(N2CCC(C=O)CC2)CC1. The lowest BCUT2D eigenvalue weighted by atomic mass is 10.00. The molecule has 0 saturated carbocycles. The van der Waals surface area contributed by atoms with Gasteiger partial charge >= 0.3 is 0 Å². The summed E-state index contributed by atoms with van der Waals surface area (Å²) in [5.41, 5.74) is 0. The number of rotatable bonds is 2. The number of hydrogen-bond donors (Lipinski definition) is 0. The molecule has 2 heterocycles. The molecule has 0 amide bonds. The van der Waals surface area contributed by atoms with Crippen LogP contribution in [-0.4, -0.2) is 67.5 Å². The van der Waals surface area contributed by atoms with E-state index in [1.165, 1.54) is 0 Å². The highest BCUT2D eigenvalue weighted by Gasteiger charge is 2.24. The molecule has 0 bridgehead atoms. The van der Waals surface area contributed by atoms with Crippen molar-refractivity contribution in [3.8, 4) is 0 Å². The van der Waals surface area contributed by atoms with E-state index in [2.05, 4.69) is 22.0 Å². The van der Waals surface area contributed by atoms with Crippen molar-refractivity contribution in [1.82, 2.24) is 14.9 Å². The third kappa shape index (κ3) is 2.77. The Kier molecular flexibility index (Phi) is 3.72. The summed E-state index contributed by atoms with van der Waals surface area (Å²) in [6.07, 6.45) is 3.20. The first-order valence-electron chi connectivity index (χ1n) is 5.93. The number of aldehydes is 1. The summed E-state index contributed by atoms with van der Waals surface area (Å²) in [6.45, 7) is 6.73. The van der Waals surface area contributed by atoms with Gasteiger partial charge in [-0.05, 0) is 19.9 Å². The summed E-state index contributed by atoms with van der Waals surface area (Å²) in [4.78, 5) is 13.0. The van der Waals surface area contributed by atoms with E-state index < -0.39 is 0 Å². The second kappa shape index (κ2) is 5.05. The van der Waals surface area contributed by atoms with E-state index in [4.69, 9.17) is 0 Å². The van der Waals surface area contributed by atoms with Crippen LogP contribution >= 0.6 is 0 Å². The molecular weight excluding hydrogens is 190 g/mol. The molecule has 0 aromatic rings. The zero-order valence-electron chi connectivity index (χ0n) is 9.56. The van der Waals surface area contributed by atoms with Gasteiger partial charge in [-0.1, -0.05) is 0 Å². The van der Waals surface area contributed by atoms with Gasteiger partial charge in [0.2, 0.25) is 0 Å². The standard InChI is InChI=1S/C11H21N3O/c1-12-6-8-14(9-7-12)13-4-2-11(10-15)3-5-13/h10-11H,2-9H2,1H3. The Morgan fingerprint density at radius 1 is 0.933 bits per heavy atom. The number of piperazine rings is 1. The molecule has 0 atom stereocenters. The average molecular weight is 211 g/mol. The summed E-state index contributed by atoms with van der Waals surface area (Å²) < 4.78 is 0. The van der Waals surface area contributed by atoms with Crippen LogP contribution in [0, 0.1) is 5.92 Å². The van der Waals surface area contributed by atoms with E-state index >= 15 is 0 Å². The van der Waals surface area contributed by atoms with E-state index in [1.807, 2.05) is 0 Å². The van der Waals surface area contributed by atoms with E-state index in [0.29, 0.717) is 5.92 Å². The Morgan fingerprint density at radius 2 is 1.47 bits per heavy atom. The van der Waals surface area contributed by atoms with Crippen LogP contribution in [0.5, 0.6) is 0 Å². The fourth-order valence-corrected chi connectivity index (χ4v) is 2.38. The smallest absolute Gasteiger partial charge is 0.123 e. The Bertz CT molecular complexity index is 206. The summed E-state index contributed by atoms with van der Waals surface area (Å²) in [5.74, 6) is 0.314. The number of nitrogens with zero attached hydrogens (tertiary/aromatic N) is 3. The lowest BCUT2D eigenvalue weighted by Crippen LogP contribution is -2.54. The molecule has 0 aromatic carbocycles. The minimum Gasteiger partial charge on any atom is -0.304 e. The molecule has 4 nitrogen and oxygen atoms in total. The molecule has 2 aliphatic rings. The number of carbonyl (C=O) groups is 1. The van der Waals surface area contributed by atoms with Crippen LogP contribution < -0.4 is 0 Å². The minimum absolute atomic E-state index is 0.314. The van der Waals surface area contributed by atoms with Gasteiger partial charge in [-0.25, -0.2) is 10.0 Å². The van der Waals surface area contributed by atoms with Crippen LogP contribution in [0.2, 0.25) is 0 Å². The van der Waals surface area contributed by atoms with Crippen molar-refractivity contribution in [2.75, 3.05) is 46.3 Å². The van der Waals surface area contributed by atoms with Crippen LogP contribution in [-0.2, 0) is 4.79 Å². The van der Waals surface area contributed by atoms with Crippen LogP contribution in [0.1, 0.15) is 12.8 Å². The number of carbonyl (C=O) groups excluding carboxylic acids is 1. The molecule has 2 rings (SSSR count). The second-order valence-electron chi connectivity index (χ2n) is 4.68. The zero-order valence-corrected chi connectivity index (χ0v) is 9.56. The van der Waals surface area contributed by atoms with Crippen molar-refractivity contribution in [2.45, 2.75) is 12.8 Å². The first-order chi connectivity index (χ1) is 7.29. The molecule has 0 aromatic heterocycles. The predicted molar refractivity (Wildman–Crippen MR) is 59.4 cm³/mol. The molecule has 15 heavy (non-hydrogen) atoms. The lowest BCUT2D eigenvalue weighted by molar-refractivity contribution is -0.116. The van der Waals surface area contributed by atoms with Gasteiger partial charge in [0, 0.05) is 45.2 Å². The van der Waals surface area contributed by atoms with Crippen LogP contribution in [0.4, 0.5) is 0 Å². The van der Waals surface area contributed by atoms with Crippen molar-refractivity contribution >= 4 is 6.29 Å². The maximum absolute atomic E-state index is 10.6. The number of hydrazine groups is 1. The van der Waals surface area contributed by atoms with Gasteiger partial charge in [-0.3, -0.25) is 0 Å². The highest BCUT2D eigenvalue weighted by Crippen LogP contribution is 2.17. The van der Waals surface area contributed by atoms with E-state index in [-0.39, 0.29) is 0 Å². The quantitative estimate of drug-likeness (QED) is 0.604. The molecule has 2 saturated heterocycles. The Hall–Kier alpha value is -0.450. The number of hydrogen-bond acceptors (Lipinski definition) is 4. The molecule has 0 N–H and O–H groups in total. The fourth-order valence-electron chi connectivity index (χ4n) is 2.38. The highest BCUT2D eigenvalue weighted by molar-refractivity contribution is 5.53. The second-order valence-corrected chi connectivity index (χ2v) is 4.68. The van der Waals surface area contributed by atoms with Gasteiger partial charge in [-0.2, -0.15) is 0 Å². The normalized spacial score (nSPS) is 28.1. The first-order valence-corrected chi connectivity index (χ1v) is 5.93. The van der Waals surface area contributed by atoms with Crippen LogP contribution in [0.15, 0.2) is 0 Å². The Morgan fingerprint density at radius 3 is 2.00 bits per heavy atom. The van der Waals surface area contributed by atoms with E-state index in [0.717, 1.165) is 58.4 Å². The summed E-state index contributed by atoms with van der Waals surface area (Å²) in [7, 11) is 2.18. The third-order valence-corrected chi connectivity index (χ3v) is 3.59. The van der Waals surface area contributed by atoms with Gasteiger partial charge in [0.15, 0.2) is 0 Å². The van der Waals surface area contributed by atoms with E-state index in [1.54, 1.807) is 0 Å². The molecule has 0 aliphatic carbocycles. The van der Waals surface area contributed by atoms with Gasteiger partial charge in [0.05, 0.1) is 0 Å². The molecule has 0 spiro atoms. The van der Waals surface area contributed by atoms with Crippen LogP contribution in [0.25, 0.3) is 0 Å². The molecule has 4 heteroatoms. The molecule has 2 aliphatic heterocycles. The molecule has 2 fully saturated rings. The Balaban J connectivity index is 1.78. The summed E-state index contributed by atoms with van der Waals surface area (Å²) in [6, 6.07) is 0. The number of likely N-dealkylation sites (N-methyl/N-ethyl adjacent to an activating group) is 1. The largest absolute Gasteiger partial charge is 0.304 e. The third-order valence-electron chi connectivity index (χ3n) is 3.59. The fraction of sp³-hybridized carbons (Fsp3) is 0.909. The number of piperidine rings is 1. The van der Waals surface area contributed by atoms with Gasteiger partial charge in [0.25, 0.3) is 0 Å². The highest BCUT2D eigenvalue weighted by atomic mass is 16.1. The van der Waals surface area contributed by atoms with Crippen molar-refractivity contribution in [3.63, 3.8) is 0 Å². The van der Waals surface area contributed by atoms with Crippen molar-refractivity contribution in [1.29, 1.82) is 0 Å². The van der Waals surface area contributed by atoms with Crippen LogP contribution in [0.3, 0.4) is 0 Å². The van der Waals surface area contributed by atoms with Gasteiger partial charge in [0.1, 0.15) is 6.29 Å². The molecule has 0 unspecified atom stereocenters. The summed E-state index contributed by atoms with van der Waals surface area (Å²) >= 11 is 0. The Labute approximate surface area is 91.8 Å². The minimum atomic E-state index is 0.314. The maximum Gasteiger partial charge on any atom is 0.123 e. The predicted octanol–water partition coefficient (Wildman–Crippen LogP) is 0.0597. The first kappa shape index (κ1) is 11.0. The topological polar surface area (TPSA) is 26.8 Å². The monoisotopic (exact) mass is 211 g/mol.